The molecule has 4 aromatic carbocycles. The van der Waals surface area contributed by atoms with E-state index < -0.39 is 6.10 Å². The van der Waals surface area contributed by atoms with E-state index in [1.165, 1.54) is 33.4 Å². The lowest BCUT2D eigenvalue weighted by molar-refractivity contribution is 0.0915. The molecule has 3 atom stereocenters. The highest BCUT2D eigenvalue weighted by molar-refractivity contribution is 5.83. The maximum atomic E-state index is 11.2. The summed E-state index contributed by atoms with van der Waals surface area (Å²) in [6.45, 7) is 3.00. The molecule has 0 heterocycles. The molecule has 0 bridgehead atoms. The van der Waals surface area contributed by atoms with E-state index in [2.05, 4.69) is 109 Å². The van der Waals surface area contributed by atoms with Gasteiger partial charge in [-0.2, -0.15) is 0 Å². The maximum Gasteiger partial charge on any atom is 0.0833 e. The lowest BCUT2D eigenvalue weighted by Gasteiger charge is -2.31. The summed E-state index contributed by atoms with van der Waals surface area (Å²) in [5.74, 6) is 0.228. The van der Waals surface area contributed by atoms with E-state index in [0.717, 1.165) is 24.9 Å². The van der Waals surface area contributed by atoms with E-state index in [1.807, 2.05) is 6.07 Å². The number of aliphatic hydroxyl groups excluding tert-OH is 1. The molecule has 2 heteroatoms. The molecule has 0 saturated carbocycles. The van der Waals surface area contributed by atoms with Gasteiger partial charge in [-0.3, -0.25) is 0 Å². The molecule has 2 N–H and O–H groups in total. The van der Waals surface area contributed by atoms with Gasteiger partial charge in [0.1, 0.15) is 0 Å². The standard InChI is InChI=1S/C31H31NO/c1-22(23-10-4-2-5-11-23)32-21-27-17-16-26-20-25(18-19-30(26)31(27)33)29-15-9-8-14-28(29)24-12-6-3-7-13-24/h2-15,18-20,22,27,31-33H,16-17,21H2,1H3/t22-,27+,31-/m0/s1. The van der Waals surface area contributed by atoms with Crippen molar-refractivity contribution in [2.45, 2.75) is 31.9 Å². The molecular formula is C31H31NO. The van der Waals surface area contributed by atoms with Gasteiger partial charge in [0.25, 0.3) is 0 Å². The van der Waals surface area contributed by atoms with Crippen LogP contribution < -0.4 is 5.32 Å². The Morgan fingerprint density at radius 2 is 1.42 bits per heavy atom. The van der Waals surface area contributed by atoms with Crippen LogP contribution in [0.2, 0.25) is 0 Å². The lowest BCUT2D eigenvalue weighted by Crippen LogP contribution is -2.32. The summed E-state index contributed by atoms with van der Waals surface area (Å²) in [5.41, 5.74) is 8.56. The maximum absolute atomic E-state index is 11.2. The molecule has 0 fully saturated rings. The van der Waals surface area contributed by atoms with Crippen LogP contribution in [0, 0.1) is 5.92 Å². The fourth-order valence-corrected chi connectivity index (χ4v) is 5.04. The number of fused-ring (bicyclic) bond motifs is 1. The zero-order chi connectivity index (χ0) is 22.6. The molecule has 0 unspecified atom stereocenters. The molecule has 1 aliphatic rings. The zero-order valence-corrected chi connectivity index (χ0v) is 19.1. The second kappa shape index (κ2) is 9.74. The third kappa shape index (κ3) is 4.64. The predicted molar refractivity (Wildman–Crippen MR) is 137 cm³/mol. The van der Waals surface area contributed by atoms with Crippen molar-refractivity contribution in [1.29, 1.82) is 0 Å². The van der Waals surface area contributed by atoms with Crippen LogP contribution >= 0.6 is 0 Å². The lowest BCUT2D eigenvalue weighted by atomic mass is 9.80. The first-order valence-electron chi connectivity index (χ1n) is 11.9. The largest absolute Gasteiger partial charge is 0.388 e. The minimum absolute atomic E-state index is 0.228. The van der Waals surface area contributed by atoms with Crippen molar-refractivity contribution < 1.29 is 5.11 Å². The van der Waals surface area contributed by atoms with Crippen LogP contribution in [0.25, 0.3) is 22.3 Å². The Hall–Kier alpha value is -3.20. The first kappa shape index (κ1) is 21.6. The molecule has 0 saturated heterocycles. The summed E-state index contributed by atoms with van der Waals surface area (Å²) in [4.78, 5) is 0. The highest BCUT2D eigenvalue weighted by atomic mass is 16.3. The zero-order valence-electron chi connectivity index (χ0n) is 19.1. The van der Waals surface area contributed by atoms with E-state index in [0.29, 0.717) is 0 Å². The number of hydrogen-bond donors (Lipinski definition) is 2. The molecule has 0 amide bonds. The van der Waals surface area contributed by atoms with Crippen molar-refractivity contribution in [3.63, 3.8) is 0 Å². The Bertz CT molecular complexity index is 1200. The van der Waals surface area contributed by atoms with Crippen molar-refractivity contribution in [1.82, 2.24) is 5.32 Å². The summed E-state index contributed by atoms with van der Waals surface area (Å²) in [5, 5.41) is 14.8. The number of aliphatic hydroxyl groups is 1. The first-order valence-corrected chi connectivity index (χ1v) is 11.9. The minimum atomic E-state index is -0.428. The molecule has 166 valence electrons. The molecule has 2 nitrogen and oxygen atoms in total. The van der Waals surface area contributed by atoms with Gasteiger partial charge in [-0.1, -0.05) is 103 Å². The molecule has 4 aromatic rings. The molecule has 5 rings (SSSR count). The Balaban J connectivity index is 1.34. The summed E-state index contributed by atoms with van der Waals surface area (Å²) in [6.07, 6.45) is 1.56. The Kier molecular flexibility index (Phi) is 6.39. The summed E-state index contributed by atoms with van der Waals surface area (Å²) in [7, 11) is 0. The van der Waals surface area contributed by atoms with Gasteiger partial charge < -0.3 is 10.4 Å². The Labute approximate surface area is 196 Å². The van der Waals surface area contributed by atoms with E-state index in [4.69, 9.17) is 0 Å². The smallest absolute Gasteiger partial charge is 0.0833 e. The highest BCUT2D eigenvalue weighted by Gasteiger charge is 2.28. The van der Waals surface area contributed by atoms with Crippen molar-refractivity contribution in [3.05, 3.63) is 120 Å². The number of nitrogens with one attached hydrogen (secondary N) is 1. The van der Waals surface area contributed by atoms with Crippen molar-refractivity contribution >= 4 is 0 Å². The number of benzene rings is 4. The van der Waals surface area contributed by atoms with Crippen LogP contribution in [0.15, 0.2) is 103 Å². The van der Waals surface area contributed by atoms with Gasteiger partial charge in [0.15, 0.2) is 0 Å². The normalized spacial score (nSPS) is 18.5. The number of aryl methyl sites for hydroxylation is 1. The predicted octanol–water partition coefficient (Wildman–Crippen LogP) is 6.97. The van der Waals surface area contributed by atoms with Crippen LogP contribution in [-0.4, -0.2) is 11.7 Å². The average molecular weight is 434 g/mol. The molecule has 0 aliphatic heterocycles. The SMILES string of the molecule is C[C@H](NC[C@H]1CCc2cc(-c3ccccc3-c3ccccc3)ccc2[C@H]1O)c1ccccc1. The van der Waals surface area contributed by atoms with E-state index in [9.17, 15) is 5.11 Å². The quantitative estimate of drug-likeness (QED) is 0.344. The van der Waals surface area contributed by atoms with Crippen LogP contribution in [0.4, 0.5) is 0 Å². The summed E-state index contributed by atoms with van der Waals surface area (Å²) < 4.78 is 0. The third-order valence-electron chi connectivity index (χ3n) is 7.00. The van der Waals surface area contributed by atoms with Gasteiger partial charge in [-0.25, -0.2) is 0 Å². The number of hydrogen-bond acceptors (Lipinski definition) is 2. The monoisotopic (exact) mass is 433 g/mol. The minimum Gasteiger partial charge on any atom is -0.388 e. The molecule has 1 aliphatic carbocycles. The third-order valence-corrected chi connectivity index (χ3v) is 7.00. The first-order chi connectivity index (χ1) is 16.2. The second-order valence-corrected chi connectivity index (χ2v) is 9.11. The van der Waals surface area contributed by atoms with Crippen molar-refractivity contribution in [3.8, 4) is 22.3 Å². The summed E-state index contributed by atoms with van der Waals surface area (Å²) >= 11 is 0. The van der Waals surface area contributed by atoms with Gasteiger partial charge >= 0.3 is 0 Å². The van der Waals surface area contributed by atoms with E-state index >= 15 is 0 Å². The van der Waals surface area contributed by atoms with Crippen LogP contribution in [0.3, 0.4) is 0 Å². The Morgan fingerprint density at radius 1 is 0.788 bits per heavy atom. The fraction of sp³-hybridized carbons (Fsp3) is 0.226. The molecule has 0 spiro atoms. The molecule has 33 heavy (non-hydrogen) atoms. The topological polar surface area (TPSA) is 32.3 Å². The average Bonchev–Trinajstić information content (AvgIpc) is 2.89. The van der Waals surface area contributed by atoms with Crippen LogP contribution in [0.5, 0.6) is 0 Å². The van der Waals surface area contributed by atoms with Crippen LogP contribution in [-0.2, 0) is 6.42 Å². The number of rotatable bonds is 6. The Morgan fingerprint density at radius 3 is 2.15 bits per heavy atom. The van der Waals surface area contributed by atoms with Gasteiger partial charge in [0.05, 0.1) is 6.10 Å². The van der Waals surface area contributed by atoms with Gasteiger partial charge in [0.2, 0.25) is 0 Å². The van der Waals surface area contributed by atoms with Crippen LogP contribution in [0.1, 0.15) is 42.2 Å². The molecular weight excluding hydrogens is 402 g/mol. The molecule has 0 aromatic heterocycles. The summed E-state index contributed by atoms with van der Waals surface area (Å²) in [6, 6.07) is 36.5. The highest BCUT2D eigenvalue weighted by Crippen LogP contribution is 2.38. The van der Waals surface area contributed by atoms with Crippen molar-refractivity contribution in [2.24, 2.45) is 5.92 Å². The van der Waals surface area contributed by atoms with Gasteiger partial charge in [-0.05, 0) is 58.7 Å². The van der Waals surface area contributed by atoms with Crippen molar-refractivity contribution in [2.75, 3.05) is 6.54 Å². The van der Waals surface area contributed by atoms with E-state index in [1.54, 1.807) is 0 Å². The van der Waals surface area contributed by atoms with Gasteiger partial charge in [0, 0.05) is 18.5 Å². The van der Waals surface area contributed by atoms with Gasteiger partial charge in [-0.15, -0.1) is 0 Å². The van der Waals surface area contributed by atoms with E-state index in [-0.39, 0.29) is 12.0 Å². The fourth-order valence-electron chi connectivity index (χ4n) is 5.04. The molecule has 0 radical (unpaired) electrons. The second-order valence-electron chi connectivity index (χ2n) is 9.11.